The number of carbonyl (C=O) groups is 2. The van der Waals surface area contributed by atoms with Gasteiger partial charge in [-0.05, 0) is 30.5 Å². The molecule has 0 saturated carbocycles. The van der Waals surface area contributed by atoms with Crippen LogP contribution in [0.25, 0.3) is 5.69 Å². The summed E-state index contributed by atoms with van der Waals surface area (Å²) in [6.07, 6.45) is 0. The molecule has 2 aromatic carbocycles. The highest BCUT2D eigenvalue weighted by atomic mass is 16.5. The number of amides is 2. The van der Waals surface area contributed by atoms with Gasteiger partial charge in [-0.3, -0.25) is 9.59 Å². The van der Waals surface area contributed by atoms with Gasteiger partial charge < -0.3 is 15.0 Å². The van der Waals surface area contributed by atoms with Crippen LogP contribution in [0.4, 0.5) is 5.82 Å². The normalized spacial score (nSPS) is 11.5. The molecule has 0 bridgehead atoms. The second kappa shape index (κ2) is 12.0. The molecule has 1 aromatic heterocycles. The van der Waals surface area contributed by atoms with Crippen LogP contribution in [0.5, 0.6) is 0 Å². The summed E-state index contributed by atoms with van der Waals surface area (Å²) in [4.78, 5) is 27.6. The molecule has 7 heteroatoms. The van der Waals surface area contributed by atoms with E-state index in [-0.39, 0.29) is 36.3 Å². The fourth-order valence-corrected chi connectivity index (χ4v) is 3.69. The highest BCUT2D eigenvalue weighted by Crippen LogP contribution is 2.26. The number of aryl methyl sites for hydroxylation is 1. The van der Waals surface area contributed by atoms with E-state index in [0.717, 1.165) is 22.5 Å². The van der Waals surface area contributed by atoms with Crippen LogP contribution >= 0.6 is 0 Å². The summed E-state index contributed by atoms with van der Waals surface area (Å²) in [7, 11) is 0. The maximum absolute atomic E-state index is 13.1. The van der Waals surface area contributed by atoms with Gasteiger partial charge in [0.2, 0.25) is 11.8 Å². The van der Waals surface area contributed by atoms with E-state index >= 15 is 0 Å². The van der Waals surface area contributed by atoms with Gasteiger partial charge in [0.05, 0.1) is 24.5 Å². The van der Waals surface area contributed by atoms with Gasteiger partial charge in [-0.15, -0.1) is 0 Å². The number of hydrogen-bond donors (Lipinski definition) is 1. The zero-order valence-electron chi connectivity index (χ0n) is 22.2. The van der Waals surface area contributed by atoms with Crippen molar-refractivity contribution in [3.8, 4) is 5.69 Å². The lowest BCUT2D eigenvalue weighted by atomic mass is 9.92. The number of rotatable bonds is 10. The van der Waals surface area contributed by atoms with E-state index in [1.54, 1.807) is 9.58 Å². The largest absolute Gasteiger partial charge is 0.367 e. The Kier molecular flexibility index (Phi) is 9.04. The molecule has 3 aromatic rings. The van der Waals surface area contributed by atoms with E-state index in [1.165, 1.54) is 0 Å². The van der Waals surface area contributed by atoms with Crippen molar-refractivity contribution in [2.45, 2.75) is 53.6 Å². The van der Waals surface area contributed by atoms with Gasteiger partial charge in [0.25, 0.3) is 0 Å². The molecule has 3 rings (SSSR count). The zero-order chi connectivity index (χ0) is 26.3. The third-order valence-electron chi connectivity index (χ3n) is 5.63. The number of hydrogen-bond acceptors (Lipinski definition) is 4. The Hall–Kier alpha value is -3.45. The zero-order valence-corrected chi connectivity index (χ0v) is 22.2. The summed E-state index contributed by atoms with van der Waals surface area (Å²) >= 11 is 0. The first kappa shape index (κ1) is 27.1. The maximum atomic E-state index is 13.1. The Balaban J connectivity index is 1.71. The second-order valence-electron chi connectivity index (χ2n) is 10.6. The SMILES string of the molecule is Cc1ccc(-n2nc(C(C)(C)C)cc2NC(=O)CN(CC(C)C)C(=O)COCc2ccccc2)cc1. The molecule has 2 amide bonds. The third-order valence-corrected chi connectivity index (χ3v) is 5.63. The third kappa shape index (κ3) is 7.78. The van der Waals surface area contributed by atoms with E-state index in [9.17, 15) is 9.59 Å². The minimum atomic E-state index is -0.277. The lowest BCUT2D eigenvalue weighted by molar-refractivity contribution is -0.139. The smallest absolute Gasteiger partial charge is 0.249 e. The van der Waals surface area contributed by atoms with Gasteiger partial charge >= 0.3 is 0 Å². The molecule has 0 aliphatic carbocycles. The number of anilines is 1. The summed E-state index contributed by atoms with van der Waals surface area (Å²) in [5.74, 6) is 0.297. The fourth-order valence-electron chi connectivity index (χ4n) is 3.69. The molecule has 0 aliphatic rings. The van der Waals surface area contributed by atoms with Crippen LogP contribution in [0.2, 0.25) is 0 Å². The van der Waals surface area contributed by atoms with Crippen LogP contribution in [-0.4, -0.2) is 46.2 Å². The highest BCUT2D eigenvalue weighted by Gasteiger charge is 2.23. The van der Waals surface area contributed by atoms with Crippen LogP contribution in [0.3, 0.4) is 0 Å². The molecule has 0 saturated heterocycles. The summed E-state index contributed by atoms with van der Waals surface area (Å²) in [5, 5.41) is 7.75. The van der Waals surface area contributed by atoms with E-state index in [4.69, 9.17) is 9.84 Å². The standard InChI is InChI=1S/C29H38N4O3/c1-21(2)17-32(28(35)20-36-19-23-10-8-7-9-11-23)18-27(34)30-26-16-25(29(4,5)6)31-33(26)24-14-12-22(3)13-15-24/h7-16,21H,17-20H2,1-6H3,(H,30,34). The monoisotopic (exact) mass is 490 g/mol. The molecule has 0 fully saturated rings. The molecule has 0 atom stereocenters. The van der Waals surface area contributed by atoms with Crippen molar-refractivity contribution in [3.05, 3.63) is 77.5 Å². The Morgan fingerprint density at radius 2 is 1.72 bits per heavy atom. The van der Waals surface area contributed by atoms with Gasteiger partial charge in [-0.1, -0.05) is 82.6 Å². The van der Waals surface area contributed by atoms with Gasteiger partial charge in [0, 0.05) is 18.0 Å². The van der Waals surface area contributed by atoms with E-state index < -0.39 is 0 Å². The Bertz CT molecular complexity index is 1150. The van der Waals surface area contributed by atoms with Crippen LogP contribution in [0, 0.1) is 12.8 Å². The Labute approximate surface area is 214 Å². The summed E-state index contributed by atoms with van der Waals surface area (Å²) in [6.45, 7) is 13.0. The number of nitrogens with one attached hydrogen (secondary N) is 1. The highest BCUT2D eigenvalue weighted by molar-refractivity contribution is 5.94. The molecule has 1 N–H and O–H groups in total. The van der Waals surface area contributed by atoms with E-state index in [2.05, 4.69) is 26.1 Å². The Morgan fingerprint density at radius 3 is 2.33 bits per heavy atom. The van der Waals surface area contributed by atoms with Crippen LogP contribution < -0.4 is 5.32 Å². The lowest BCUT2D eigenvalue weighted by Crippen LogP contribution is -2.42. The first-order valence-electron chi connectivity index (χ1n) is 12.4. The van der Waals surface area contributed by atoms with Crippen LogP contribution in [0.1, 0.15) is 51.4 Å². The van der Waals surface area contributed by atoms with Crippen LogP contribution in [0.15, 0.2) is 60.7 Å². The molecule has 192 valence electrons. The van der Waals surface area contributed by atoms with Crippen molar-refractivity contribution in [1.29, 1.82) is 0 Å². The molecule has 0 unspecified atom stereocenters. The van der Waals surface area contributed by atoms with Crippen molar-refractivity contribution >= 4 is 17.6 Å². The van der Waals surface area contributed by atoms with Crippen molar-refractivity contribution in [3.63, 3.8) is 0 Å². The Morgan fingerprint density at radius 1 is 1.06 bits per heavy atom. The van der Waals surface area contributed by atoms with Crippen molar-refractivity contribution < 1.29 is 14.3 Å². The first-order chi connectivity index (χ1) is 17.0. The quantitative estimate of drug-likeness (QED) is 0.428. The van der Waals surface area contributed by atoms with E-state index in [0.29, 0.717) is 19.0 Å². The minimum absolute atomic E-state index is 0.0599. The van der Waals surface area contributed by atoms with Crippen LogP contribution in [-0.2, 0) is 26.3 Å². The molecule has 1 heterocycles. The summed E-state index contributed by atoms with van der Waals surface area (Å²) < 4.78 is 7.38. The topological polar surface area (TPSA) is 76.5 Å². The number of ether oxygens (including phenoxy) is 1. The number of aromatic nitrogens is 2. The van der Waals surface area contributed by atoms with Gasteiger partial charge in [-0.25, -0.2) is 4.68 Å². The summed E-state index contributed by atoms with van der Waals surface area (Å²) in [5.41, 5.74) is 3.67. The minimum Gasteiger partial charge on any atom is -0.367 e. The molecule has 36 heavy (non-hydrogen) atoms. The molecule has 0 radical (unpaired) electrons. The number of nitrogens with zero attached hydrogens (tertiary/aromatic N) is 3. The van der Waals surface area contributed by atoms with Gasteiger partial charge in [0.15, 0.2) is 0 Å². The van der Waals surface area contributed by atoms with Crippen molar-refractivity contribution in [1.82, 2.24) is 14.7 Å². The first-order valence-corrected chi connectivity index (χ1v) is 12.4. The van der Waals surface area contributed by atoms with Gasteiger partial charge in [0.1, 0.15) is 12.4 Å². The van der Waals surface area contributed by atoms with E-state index in [1.807, 2.05) is 81.4 Å². The lowest BCUT2D eigenvalue weighted by Gasteiger charge is -2.24. The predicted octanol–water partition coefficient (Wildman–Crippen LogP) is 5.12. The summed E-state index contributed by atoms with van der Waals surface area (Å²) in [6, 6.07) is 19.6. The van der Waals surface area contributed by atoms with Crippen molar-refractivity contribution in [2.24, 2.45) is 5.92 Å². The average Bonchev–Trinajstić information content (AvgIpc) is 3.23. The molecule has 0 aliphatic heterocycles. The maximum Gasteiger partial charge on any atom is 0.249 e. The predicted molar refractivity (Wildman–Crippen MR) is 143 cm³/mol. The fraction of sp³-hybridized carbons (Fsp3) is 0.414. The molecular weight excluding hydrogens is 452 g/mol. The van der Waals surface area contributed by atoms with Gasteiger partial charge in [-0.2, -0.15) is 5.10 Å². The number of benzene rings is 2. The average molecular weight is 491 g/mol. The van der Waals surface area contributed by atoms with Crippen molar-refractivity contribution in [2.75, 3.05) is 25.0 Å². The molecule has 7 nitrogen and oxygen atoms in total. The second-order valence-corrected chi connectivity index (χ2v) is 10.6. The number of carbonyl (C=O) groups excluding carboxylic acids is 2. The molecular formula is C29H38N4O3. The molecule has 0 spiro atoms.